The number of hydrogen-bond donors (Lipinski definition) is 0. The molecule has 2 aliphatic heterocycles. The minimum Gasteiger partial charge on any atom is -0.488 e. The van der Waals surface area contributed by atoms with E-state index in [1.165, 1.54) is 12.3 Å². The Morgan fingerprint density at radius 2 is 1.92 bits per heavy atom. The van der Waals surface area contributed by atoms with Crippen LogP contribution in [0.5, 0.6) is 5.75 Å². The van der Waals surface area contributed by atoms with E-state index in [1.54, 1.807) is 29.4 Å². The SMILES string of the molecule is O=C(N1CCN(c2ccc(F)nc2)CC1)N1CCOc2cnccc21. The van der Waals surface area contributed by atoms with Crippen molar-refractivity contribution < 1.29 is 13.9 Å². The summed E-state index contributed by atoms with van der Waals surface area (Å²) < 4.78 is 18.5. The van der Waals surface area contributed by atoms with E-state index in [2.05, 4.69) is 14.9 Å². The van der Waals surface area contributed by atoms with E-state index in [0.29, 0.717) is 45.1 Å². The van der Waals surface area contributed by atoms with Gasteiger partial charge >= 0.3 is 6.03 Å². The van der Waals surface area contributed by atoms with Gasteiger partial charge < -0.3 is 14.5 Å². The van der Waals surface area contributed by atoms with E-state index in [-0.39, 0.29) is 6.03 Å². The van der Waals surface area contributed by atoms with Crippen LogP contribution in [0.4, 0.5) is 20.6 Å². The number of carbonyl (C=O) groups excluding carboxylic acids is 1. The number of hydrogen-bond acceptors (Lipinski definition) is 5. The first-order chi connectivity index (χ1) is 12.2. The summed E-state index contributed by atoms with van der Waals surface area (Å²) >= 11 is 0. The molecule has 4 heterocycles. The van der Waals surface area contributed by atoms with Gasteiger partial charge in [0.05, 0.1) is 30.3 Å². The number of piperazine rings is 1. The molecular weight excluding hydrogens is 325 g/mol. The summed E-state index contributed by atoms with van der Waals surface area (Å²) in [6.07, 6.45) is 4.82. The minimum atomic E-state index is -0.488. The molecule has 25 heavy (non-hydrogen) atoms. The summed E-state index contributed by atoms with van der Waals surface area (Å²) in [5.74, 6) is 0.149. The predicted octanol–water partition coefficient (Wildman–Crippen LogP) is 1.76. The average Bonchev–Trinajstić information content (AvgIpc) is 2.68. The zero-order valence-electron chi connectivity index (χ0n) is 13.6. The molecule has 7 nitrogen and oxygen atoms in total. The van der Waals surface area contributed by atoms with Gasteiger partial charge in [0.2, 0.25) is 5.95 Å². The first kappa shape index (κ1) is 15.6. The molecule has 0 atom stereocenters. The van der Waals surface area contributed by atoms with Gasteiger partial charge in [0.25, 0.3) is 0 Å². The number of aromatic nitrogens is 2. The quantitative estimate of drug-likeness (QED) is 0.739. The van der Waals surface area contributed by atoms with E-state index in [0.717, 1.165) is 11.4 Å². The van der Waals surface area contributed by atoms with E-state index >= 15 is 0 Å². The third kappa shape index (κ3) is 3.07. The third-order valence-corrected chi connectivity index (χ3v) is 4.48. The van der Waals surface area contributed by atoms with Crippen LogP contribution in [0.2, 0.25) is 0 Å². The molecular formula is C17H18FN5O2. The average molecular weight is 343 g/mol. The zero-order chi connectivity index (χ0) is 17.2. The number of carbonyl (C=O) groups is 1. The number of ether oxygens (including phenoxy) is 1. The highest BCUT2D eigenvalue weighted by atomic mass is 19.1. The standard InChI is InChI=1S/C17H18FN5O2/c18-16-2-1-13(11-20-16)21-5-7-22(8-6-21)17(24)23-9-10-25-15-12-19-4-3-14(15)23/h1-4,11-12H,5-10H2. The Balaban J connectivity index is 1.43. The number of rotatable bonds is 1. The first-order valence-corrected chi connectivity index (χ1v) is 8.22. The van der Waals surface area contributed by atoms with E-state index < -0.39 is 5.95 Å². The van der Waals surface area contributed by atoms with Gasteiger partial charge in [-0.1, -0.05) is 0 Å². The molecule has 1 fully saturated rings. The second-order valence-corrected chi connectivity index (χ2v) is 5.94. The molecule has 0 unspecified atom stereocenters. The molecule has 0 radical (unpaired) electrons. The maximum atomic E-state index is 12.9. The van der Waals surface area contributed by atoms with Crippen molar-refractivity contribution in [2.24, 2.45) is 0 Å². The topological polar surface area (TPSA) is 61.8 Å². The molecule has 0 saturated carbocycles. The highest BCUT2D eigenvalue weighted by Crippen LogP contribution is 2.31. The van der Waals surface area contributed by atoms with Crippen LogP contribution in [0.15, 0.2) is 36.8 Å². The van der Waals surface area contributed by atoms with Crippen LogP contribution in [0, 0.1) is 5.95 Å². The highest BCUT2D eigenvalue weighted by Gasteiger charge is 2.29. The van der Waals surface area contributed by atoms with Crippen molar-refractivity contribution in [3.8, 4) is 5.75 Å². The van der Waals surface area contributed by atoms with Crippen LogP contribution < -0.4 is 14.5 Å². The van der Waals surface area contributed by atoms with Crippen molar-refractivity contribution in [1.82, 2.24) is 14.9 Å². The number of urea groups is 1. The minimum absolute atomic E-state index is 0.0207. The molecule has 2 aromatic rings. The molecule has 2 aliphatic rings. The second-order valence-electron chi connectivity index (χ2n) is 5.94. The lowest BCUT2D eigenvalue weighted by Gasteiger charge is -2.39. The fourth-order valence-electron chi connectivity index (χ4n) is 3.15. The van der Waals surface area contributed by atoms with Crippen molar-refractivity contribution in [1.29, 1.82) is 0 Å². The Morgan fingerprint density at radius 1 is 1.08 bits per heavy atom. The highest BCUT2D eigenvalue weighted by molar-refractivity contribution is 5.94. The first-order valence-electron chi connectivity index (χ1n) is 8.22. The van der Waals surface area contributed by atoms with Crippen molar-refractivity contribution in [3.05, 3.63) is 42.7 Å². The van der Waals surface area contributed by atoms with Gasteiger partial charge in [0.15, 0.2) is 5.75 Å². The second kappa shape index (κ2) is 6.54. The molecule has 4 rings (SSSR count). The Kier molecular flexibility index (Phi) is 4.09. The van der Waals surface area contributed by atoms with Crippen LogP contribution in [-0.4, -0.2) is 60.2 Å². The molecule has 1 saturated heterocycles. The van der Waals surface area contributed by atoms with Gasteiger partial charge in [-0.2, -0.15) is 4.39 Å². The molecule has 130 valence electrons. The molecule has 0 spiro atoms. The lowest BCUT2D eigenvalue weighted by molar-refractivity contribution is 0.196. The van der Waals surface area contributed by atoms with Gasteiger partial charge in [0.1, 0.15) is 6.61 Å². The van der Waals surface area contributed by atoms with E-state index in [1.807, 2.05) is 4.90 Å². The normalized spacial score (nSPS) is 17.1. The lowest BCUT2D eigenvalue weighted by atomic mass is 10.2. The van der Waals surface area contributed by atoms with Crippen molar-refractivity contribution in [3.63, 3.8) is 0 Å². The largest absolute Gasteiger partial charge is 0.488 e. The van der Waals surface area contributed by atoms with E-state index in [9.17, 15) is 9.18 Å². The van der Waals surface area contributed by atoms with Gasteiger partial charge in [-0.25, -0.2) is 9.78 Å². The molecule has 2 amide bonds. The van der Waals surface area contributed by atoms with Gasteiger partial charge in [0, 0.05) is 32.4 Å². The molecule has 0 bridgehead atoms. The fraction of sp³-hybridized carbons (Fsp3) is 0.353. The van der Waals surface area contributed by atoms with Crippen LogP contribution in [-0.2, 0) is 0 Å². The molecule has 0 aromatic carbocycles. The number of anilines is 2. The number of nitrogens with zero attached hydrogens (tertiary/aromatic N) is 5. The van der Waals surface area contributed by atoms with Crippen molar-refractivity contribution >= 4 is 17.4 Å². The van der Waals surface area contributed by atoms with Gasteiger partial charge in [-0.15, -0.1) is 0 Å². The number of pyridine rings is 2. The van der Waals surface area contributed by atoms with Crippen molar-refractivity contribution in [2.75, 3.05) is 49.1 Å². The predicted molar refractivity (Wildman–Crippen MR) is 90.5 cm³/mol. The molecule has 0 aliphatic carbocycles. The summed E-state index contributed by atoms with van der Waals surface area (Å²) in [4.78, 5) is 26.3. The Morgan fingerprint density at radius 3 is 2.68 bits per heavy atom. The van der Waals surface area contributed by atoms with E-state index in [4.69, 9.17) is 4.74 Å². The fourth-order valence-corrected chi connectivity index (χ4v) is 3.15. The van der Waals surface area contributed by atoms with Crippen LogP contribution >= 0.6 is 0 Å². The Labute approximate surface area is 144 Å². The van der Waals surface area contributed by atoms with Gasteiger partial charge in [-0.3, -0.25) is 9.88 Å². The van der Waals surface area contributed by atoms with Gasteiger partial charge in [-0.05, 0) is 18.2 Å². The Hall–Kier alpha value is -2.90. The summed E-state index contributed by atoms with van der Waals surface area (Å²) in [6, 6.07) is 4.84. The van der Waals surface area contributed by atoms with Crippen LogP contribution in [0.1, 0.15) is 0 Å². The number of fused-ring (bicyclic) bond motifs is 1. The molecule has 2 aromatic heterocycles. The summed E-state index contributed by atoms with van der Waals surface area (Å²) in [5, 5.41) is 0. The maximum absolute atomic E-state index is 12.9. The van der Waals surface area contributed by atoms with Crippen LogP contribution in [0.25, 0.3) is 0 Å². The number of amides is 2. The summed E-state index contributed by atoms with van der Waals surface area (Å²) in [6.45, 7) is 3.57. The third-order valence-electron chi connectivity index (χ3n) is 4.48. The number of halogens is 1. The van der Waals surface area contributed by atoms with Crippen LogP contribution in [0.3, 0.4) is 0 Å². The smallest absolute Gasteiger partial charge is 0.324 e. The lowest BCUT2D eigenvalue weighted by Crippen LogP contribution is -2.54. The monoisotopic (exact) mass is 343 g/mol. The zero-order valence-corrected chi connectivity index (χ0v) is 13.6. The molecule has 0 N–H and O–H groups in total. The maximum Gasteiger partial charge on any atom is 0.324 e. The molecule has 8 heteroatoms. The van der Waals surface area contributed by atoms with Crippen molar-refractivity contribution in [2.45, 2.75) is 0 Å². The summed E-state index contributed by atoms with van der Waals surface area (Å²) in [7, 11) is 0. The Bertz CT molecular complexity index is 762. The summed E-state index contributed by atoms with van der Waals surface area (Å²) in [5.41, 5.74) is 1.63.